The van der Waals surface area contributed by atoms with Gasteiger partial charge in [-0.1, -0.05) is 6.92 Å². The van der Waals surface area contributed by atoms with E-state index in [4.69, 9.17) is 10.6 Å². The molecule has 0 aromatic carbocycles. The lowest BCUT2D eigenvalue weighted by Gasteiger charge is -2.12. The van der Waals surface area contributed by atoms with Crippen LogP contribution in [0.5, 0.6) is 6.01 Å². The number of aromatic nitrogens is 4. The maximum atomic E-state index is 5.40. The first kappa shape index (κ1) is 14.4. The van der Waals surface area contributed by atoms with Crippen LogP contribution in [0.2, 0.25) is 0 Å². The smallest absolute Gasteiger partial charge is 0.323 e. The Balaban J connectivity index is 2.13. The molecule has 0 saturated carbocycles. The number of nitrogen functional groups attached to an aromatic ring is 1. The zero-order chi connectivity index (χ0) is 14.4. The summed E-state index contributed by atoms with van der Waals surface area (Å²) in [5, 5.41) is 6.01. The van der Waals surface area contributed by atoms with Crippen LogP contribution in [0.1, 0.15) is 31.3 Å². The van der Waals surface area contributed by atoms with Crippen LogP contribution in [0, 0.1) is 0 Å². The molecule has 0 aliphatic rings. The molecular weight excluding hydrogens is 278 g/mol. The highest BCUT2D eigenvalue weighted by Crippen LogP contribution is 2.20. The van der Waals surface area contributed by atoms with Crippen LogP contribution in [0.15, 0.2) is 11.6 Å². The van der Waals surface area contributed by atoms with Crippen LogP contribution >= 0.6 is 11.3 Å². The third-order valence-corrected chi connectivity index (χ3v) is 3.30. The molecule has 20 heavy (non-hydrogen) atoms. The van der Waals surface area contributed by atoms with Gasteiger partial charge in [0.15, 0.2) is 0 Å². The monoisotopic (exact) mass is 295 g/mol. The number of hydrogen-bond acceptors (Lipinski definition) is 9. The highest BCUT2D eigenvalue weighted by Gasteiger charge is 2.12. The Kier molecular flexibility index (Phi) is 5.02. The summed E-state index contributed by atoms with van der Waals surface area (Å²) < 4.78 is 5.40. The molecule has 8 nitrogen and oxygen atoms in total. The van der Waals surface area contributed by atoms with Crippen molar-refractivity contribution in [2.45, 2.75) is 26.3 Å². The Morgan fingerprint density at radius 3 is 2.80 bits per heavy atom. The minimum Gasteiger partial charge on any atom is -0.463 e. The molecule has 0 amide bonds. The van der Waals surface area contributed by atoms with Gasteiger partial charge in [-0.15, -0.1) is 11.3 Å². The van der Waals surface area contributed by atoms with Crippen molar-refractivity contribution in [3.05, 3.63) is 16.6 Å². The van der Waals surface area contributed by atoms with E-state index >= 15 is 0 Å². The molecule has 1 unspecified atom stereocenters. The largest absolute Gasteiger partial charge is 0.463 e. The number of thiazole rings is 1. The number of hydrazine groups is 1. The van der Waals surface area contributed by atoms with Crippen molar-refractivity contribution in [1.82, 2.24) is 19.9 Å². The number of rotatable bonds is 7. The van der Waals surface area contributed by atoms with Crippen molar-refractivity contribution in [3.8, 4) is 6.01 Å². The van der Waals surface area contributed by atoms with E-state index in [1.54, 1.807) is 17.5 Å². The molecule has 2 rings (SSSR count). The van der Waals surface area contributed by atoms with Gasteiger partial charge in [-0.05, 0) is 13.3 Å². The van der Waals surface area contributed by atoms with Gasteiger partial charge in [0, 0.05) is 11.6 Å². The molecule has 1 atom stereocenters. The van der Waals surface area contributed by atoms with Gasteiger partial charge in [-0.2, -0.15) is 15.0 Å². The molecule has 9 heteroatoms. The lowest BCUT2D eigenvalue weighted by molar-refractivity contribution is 0.292. The van der Waals surface area contributed by atoms with Crippen LogP contribution in [-0.2, 0) is 0 Å². The summed E-state index contributed by atoms with van der Waals surface area (Å²) >= 11 is 1.56. The van der Waals surface area contributed by atoms with E-state index < -0.39 is 0 Å². The van der Waals surface area contributed by atoms with Crippen LogP contribution in [-0.4, -0.2) is 26.5 Å². The minimum atomic E-state index is -0.0120. The fraction of sp³-hybridized carbons (Fsp3) is 0.455. The van der Waals surface area contributed by atoms with Gasteiger partial charge in [0.2, 0.25) is 11.9 Å². The first-order chi connectivity index (χ1) is 9.72. The summed E-state index contributed by atoms with van der Waals surface area (Å²) in [6.45, 7) is 4.52. The number of ether oxygens (including phenoxy) is 1. The Labute approximate surface area is 120 Å². The second kappa shape index (κ2) is 6.96. The van der Waals surface area contributed by atoms with Gasteiger partial charge in [-0.25, -0.2) is 10.8 Å². The lowest BCUT2D eigenvalue weighted by Crippen LogP contribution is -2.16. The molecule has 0 radical (unpaired) electrons. The van der Waals surface area contributed by atoms with Gasteiger partial charge < -0.3 is 10.1 Å². The molecule has 4 N–H and O–H groups in total. The number of anilines is 2. The maximum Gasteiger partial charge on any atom is 0.323 e. The predicted octanol–water partition coefficient (Wildman–Crippen LogP) is 1.58. The average molecular weight is 295 g/mol. The molecule has 0 fully saturated rings. The fourth-order valence-corrected chi connectivity index (χ4v) is 2.09. The Morgan fingerprint density at radius 1 is 1.35 bits per heavy atom. The summed E-state index contributed by atoms with van der Waals surface area (Å²) in [7, 11) is 0. The zero-order valence-electron chi connectivity index (χ0n) is 11.3. The third kappa shape index (κ3) is 3.75. The van der Waals surface area contributed by atoms with E-state index in [9.17, 15) is 0 Å². The highest BCUT2D eigenvalue weighted by atomic mass is 32.1. The Bertz CT molecular complexity index is 534. The predicted molar refractivity (Wildman–Crippen MR) is 77.6 cm³/mol. The first-order valence-electron chi connectivity index (χ1n) is 6.24. The third-order valence-electron chi connectivity index (χ3n) is 2.35. The van der Waals surface area contributed by atoms with Gasteiger partial charge >= 0.3 is 6.01 Å². The van der Waals surface area contributed by atoms with Crippen LogP contribution in [0.4, 0.5) is 11.9 Å². The SMILES string of the molecule is CCCOc1nc(NN)nc(NC(C)c2nccs2)n1. The lowest BCUT2D eigenvalue weighted by atomic mass is 10.4. The van der Waals surface area contributed by atoms with E-state index in [1.165, 1.54) is 0 Å². The number of nitrogens with zero attached hydrogens (tertiary/aromatic N) is 4. The number of nitrogens with one attached hydrogen (secondary N) is 2. The summed E-state index contributed by atoms with van der Waals surface area (Å²) in [6.07, 6.45) is 2.63. The molecule has 2 aromatic heterocycles. The second-order valence-electron chi connectivity index (χ2n) is 3.99. The summed E-state index contributed by atoms with van der Waals surface area (Å²) in [5.41, 5.74) is 2.40. The molecule has 2 heterocycles. The summed E-state index contributed by atoms with van der Waals surface area (Å²) in [5.74, 6) is 5.99. The quantitative estimate of drug-likeness (QED) is 0.521. The molecule has 2 aromatic rings. The number of hydrogen-bond donors (Lipinski definition) is 3. The second-order valence-corrected chi connectivity index (χ2v) is 4.92. The van der Waals surface area contributed by atoms with E-state index in [0.29, 0.717) is 12.6 Å². The van der Waals surface area contributed by atoms with Crippen molar-refractivity contribution in [2.24, 2.45) is 5.84 Å². The molecular formula is C11H17N7OS. The molecule has 0 aliphatic carbocycles. The average Bonchev–Trinajstić information content (AvgIpc) is 2.99. The normalized spacial score (nSPS) is 11.9. The van der Waals surface area contributed by atoms with Crippen molar-refractivity contribution >= 4 is 23.2 Å². The first-order valence-corrected chi connectivity index (χ1v) is 7.12. The van der Waals surface area contributed by atoms with Gasteiger partial charge in [-0.3, -0.25) is 5.43 Å². The van der Waals surface area contributed by atoms with E-state index in [2.05, 4.69) is 30.7 Å². The van der Waals surface area contributed by atoms with Crippen LogP contribution in [0.3, 0.4) is 0 Å². The molecule has 108 valence electrons. The highest BCUT2D eigenvalue weighted by molar-refractivity contribution is 7.09. The van der Waals surface area contributed by atoms with Crippen LogP contribution in [0.25, 0.3) is 0 Å². The van der Waals surface area contributed by atoms with Crippen LogP contribution < -0.4 is 21.3 Å². The topological polar surface area (TPSA) is 111 Å². The van der Waals surface area contributed by atoms with Crippen molar-refractivity contribution in [3.63, 3.8) is 0 Å². The minimum absolute atomic E-state index is 0.0120. The van der Waals surface area contributed by atoms with Gasteiger partial charge in [0.05, 0.1) is 12.6 Å². The molecule has 0 aliphatic heterocycles. The van der Waals surface area contributed by atoms with Crippen molar-refractivity contribution in [2.75, 3.05) is 17.3 Å². The molecule has 0 spiro atoms. The summed E-state index contributed by atoms with van der Waals surface area (Å²) in [6, 6.07) is 0.227. The maximum absolute atomic E-state index is 5.40. The standard InChI is InChI=1S/C11H17N7OS/c1-3-5-19-11-16-9(15-10(17-11)18-12)14-7(2)8-13-4-6-20-8/h4,6-7H,3,5,12H2,1-2H3,(H2,14,15,16,17,18). The van der Waals surface area contributed by atoms with E-state index in [-0.39, 0.29) is 18.0 Å². The molecule has 0 saturated heterocycles. The Hall–Kier alpha value is -2.00. The van der Waals surface area contributed by atoms with E-state index in [1.807, 2.05) is 19.2 Å². The van der Waals surface area contributed by atoms with E-state index in [0.717, 1.165) is 11.4 Å². The van der Waals surface area contributed by atoms with Gasteiger partial charge in [0.25, 0.3) is 0 Å². The molecule has 0 bridgehead atoms. The fourth-order valence-electron chi connectivity index (χ4n) is 1.45. The van der Waals surface area contributed by atoms with Crippen molar-refractivity contribution in [1.29, 1.82) is 0 Å². The van der Waals surface area contributed by atoms with Crippen molar-refractivity contribution < 1.29 is 4.74 Å². The van der Waals surface area contributed by atoms with Gasteiger partial charge in [0.1, 0.15) is 5.01 Å². The Morgan fingerprint density at radius 2 is 2.15 bits per heavy atom. The number of nitrogens with two attached hydrogens (primary N) is 1. The zero-order valence-corrected chi connectivity index (χ0v) is 12.1. The summed E-state index contributed by atoms with van der Waals surface area (Å²) in [4.78, 5) is 16.6.